The van der Waals surface area contributed by atoms with E-state index in [1.54, 1.807) is 30.7 Å². The van der Waals surface area contributed by atoms with Gasteiger partial charge in [0.15, 0.2) is 5.11 Å². The van der Waals surface area contributed by atoms with E-state index in [2.05, 4.69) is 37.6 Å². The van der Waals surface area contributed by atoms with Crippen molar-refractivity contribution >= 4 is 68.1 Å². The van der Waals surface area contributed by atoms with Crippen molar-refractivity contribution in [3.05, 3.63) is 116 Å². The van der Waals surface area contributed by atoms with Crippen LogP contribution in [0.4, 0.5) is 5.69 Å². The van der Waals surface area contributed by atoms with E-state index < -0.39 is 5.54 Å². The van der Waals surface area contributed by atoms with Crippen LogP contribution in [-0.4, -0.2) is 37.6 Å². The lowest BCUT2D eigenvalue weighted by molar-refractivity contribution is -0.122. The third kappa shape index (κ3) is 8.79. The van der Waals surface area contributed by atoms with Gasteiger partial charge in [-0.25, -0.2) is 4.98 Å². The summed E-state index contributed by atoms with van der Waals surface area (Å²) in [4.78, 5) is 19.5. The van der Waals surface area contributed by atoms with Gasteiger partial charge in [0.1, 0.15) is 0 Å². The fourth-order valence-corrected chi connectivity index (χ4v) is 5.49. The van der Waals surface area contributed by atoms with Crippen LogP contribution in [0.15, 0.2) is 83.7 Å². The van der Waals surface area contributed by atoms with Crippen LogP contribution in [-0.2, 0) is 24.3 Å². The average Bonchev–Trinajstić information content (AvgIpc) is 3.36. The van der Waals surface area contributed by atoms with Crippen LogP contribution in [0.3, 0.4) is 0 Å². The zero-order valence-electron chi connectivity index (χ0n) is 23.1. The number of benzene rings is 3. The summed E-state index contributed by atoms with van der Waals surface area (Å²) in [6.07, 6.45) is 3.55. The fourth-order valence-electron chi connectivity index (χ4n) is 4.47. The third-order valence-corrected chi connectivity index (χ3v) is 8.11. The Morgan fingerprint density at radius 1 is 1.14 bits per heavy atom. The van der Waals surface area contributed by atoms with E-state index in [1.165, 1.54) is 0 Å². The van der Waals surface area contributed by atoms with E-state index in [-0.39, 0.29) is 12.3 Å². The molecule has 0 fully saturated rings. The van der Waals surface area contributed by atoms with Crippen LogP contribution in [0.25, 0.3) is 0 Å². The Balaban J connectivity index is 1.46. The van der Waals surface area contributed by atoms with Crippen molar-refractivity contribution in [3.63, 3.8) is 0 Å². The summed E-state index contributed by atoms with van der Waals surface area (Å²) in [5, 5.41) is 16.9. The minimum absolute atomic E-state index is 0.145. The first-order valence-corrected chi connectivity index (χ1v) is 15.0. The molecule has 7 nitrogen and oxygen atoms in total. The maximum absolute atomic E-state index is 13.3. The van der Waals surface area contributed by atoms with E-state index in [0.717, 1.165) is 27.0 Å². The maximum atomic E-state index is 13.3. The molecule has 0 aliphatic rings. The highest BCUT2D eigenvalue weighted by Gasteiger charge is 2.27. The Hall–Kier alpha value is -3.42. The highest BCUT2D eigenvalue weighted by molar-refractivity contribution is 9.10. The molecule has 0 bridgehead atoms. The second kappa shape index (κ2) is 14.2. The van der Waals surface area contributed by atoms with Gasteiger partial charge in [-0.05, 0) is 73.6 Å². The minimum atomic E-state index is -0.664. The number of imidazole rings is 1. The fraction of sp³-hybridized carbons (Fsp3) is 0.226. The number of anilines is 1. The topological polar surface area (TPSA) is 86.0 Å². The summed E-state index contributed by atoms with van der Waals surface area (Å²) in [6, 6.07) is 22.7. The molecule has 1 amide bonds. The van der Waals surface area contributed by atoms with E-state index in [9.17, 15) is 4.79 Å². The molecule has 1 aromatic heterocycles. The molecule has 42 heavy (non-hydrogen) atoms. The highest BCUT2D eigenvalue weighted by atomic mass is 79.9. The molecule has 0 spiro atoms. The van der Waals surface area contributed by atoms with E-state index >= 15 is 0 Å². The number of hydrogen-bond acceptors (Lipinski definition) is 4. The van der Waals surface area contributed by atoms with Crippen molar-refractivity contribution in [2.75, 3.05) is 11.9 Å². The van der Waals surface area contributed by atoms with Gasteiger partial charge in [0.05, 0.1) is 40.0 Å². The van der Waals surface area contributed by atoms with Gasteiger partial charge in [0.25, 0.3) is 0 Å². The van der Waals surface area contributed by atoms with E-state index in [0.29, 0.717) is 40.4 Å². The molecule has 0 unspecified atom stereocenters. The number of carbonyl (C=O) groups excluding carboxylic acids is 1. The molecular formula is C31H29BrCl2N6OS. The van der Waals surface area contributed by atoms with Gasteiger partial charge in [0.2, 0.25) is 5.91 Å². The first-order chi connectivity index (χ1) is 20.0. The zero-order valence-corrected chi connectivity index (χ0v) is 27.0. The number of nitrogens with one attached hydrogen (secondary N) is 2. The van der Waals surface area contributed by atoms with Gasteiger partial charge in [-0.2, -0.15) is 5.26 Å². The predicted molar refractivity (Wildman–Crippen MR) is 176 cm³/mol. The lowest BCUT2D eigenvalue weighted by Crippen LogP contribution is -2.53. The molecule has 4 rings (SSSR count). The Kier molecular flexibility index (Phi) is 10.6. The molecule has 0 saturated carbocycles. The summed E-state index contributed by atoms with van der Waals surface area (Å²) >= 11 is 22.1. The SMILES string of the molecule is CC(C)(CN(Cc1cccc(Cl)c1Cl)C(=S)Nc1cccc(Br)c1)NC(=O)Cc1cncn1Cc1ccc(C#N)cc1. The minimum Gasteiger partial charge on any atom is -0.349 e. The van der Waals surface area contributed by atoms with Crippen molar-refractivity contribution < 1.29 is 4.79 Å². The first kappa shape index (κ1) is 31.5. The quantitative estimate of drug-likeness (QED) is 0.172. The van der Waals surface area contributed by atoms with Crippen molar-refractivity contribution in [2.24, 2.45) is 0 Å². The van der Waals surface area contributed by atoms with Crippen molar-refractivity contribution in [2.45, 2.75) is 38.9 Å². The van der Waals surface area contributed by atoms with Gasteiger partial charge < -0.3 is 20.1 Å². The van der Waals surface area contributed by atoms with Crippen molar-refractivity contribution in [1.29, 1.82) is 5.26 Å². The van der Waals surface area contributed by atoms with Crippen LogP contribution < -0.4 is 10.6 Å². The molecule has 0 saturated heterocycles. The Morgan fingerprint density at radius 3 is 2.60 bits per heavy atom. The molecule has 0 atom stereocenters. The summed E-state index contributed by atoms with van der Waals surface area (Å²) in [5.74, 6) is -0.145. The molecule has 2 N–H and O–H groups in total. The molecule has 0 aliphatic carbocycles. The van der Waals surface area contributed by atoms with Gasteiger partial charge in [-0.3, -0.25) is 4.79 Å². The number of aromatic nitrogens is 2. The van der Waals surface area contributed by atoms with E-state index in [4.69, 9.17) is 40.7 Å². The Labute approximate surface area is 269 Å². The number of amides is 1. The van der Waals surface area contributed by atoms with Crippen LogP contribution in [0.2, 0.25) is 10.0 Å². The number of nitriles is 1. The van der Waals surface area contributed by atoms with Gasteiger partial charge in [0, 0.05) is 41.7 Å². The number of hydrogen-bond donors (Lipinski definition) is 2. The van der Waals surface area contributed by atoms with Crippen LogP contribution >= 0.6 is 51.3 Å². The number of rotatable bonds is 10. The molecule has 11 heteroatoms. The molecule has 0 aliphatic heterocycles. The maximum Gasteiger partial charge on any atom is 0.226 e. The van der Waals surface area contributed by atoms with Crippen LogP contribution in [0.5, 0.6) is 0 Å². The number of nitrogens with zero attached hydrogens (tertiary/aromatic N) is 4. The third-order valence-electron chi connectivity index (χ3n) is 6.40. The van der Waals surface area contributed by atoms with E-state index in [1.807, 2.05) is 71.8 Å². The van der Waals surface area contributed by atoms with Gasteiger partial charge in [-0.1, -0.05) is 69.5 Å². The second-order valence-electron chi connectivity index (χ2n) is 10.4. The molecule has 3 aromatic carbocycles. The zero-order chi connectivity index (χ0) is 30.3. The smallest absolute Gasteiger partial charge is 0.226 e. The Morgan fingerprint density at radius 2 is 1.88 bits per heavy atom. The number of thiocarbonyl (C=S) groups is 1. The molecule has 216 valence electrons. The van der Waals surface area contributed by atoms with Crippen LogP contribution in [0, 0.1) is 11.3 Å². The largest absolute Gasteiger partial charge is 0.349 e. The summed E-state index contributed by atoms with van der Waals surface area (Å²) in [5.41, 5.74) is 3.37. The summed E-state index contributed by atoms with van der Waals surface area (Å²) in [7, 11) is 0. The normalized spacial score (nSPS) is 11.0. The number of halogens is 3. The molecular weight excluding hydrogens is 655 g/mol. The lowest BCUT2D eigenvalue weighted by Gasteiger charge is -2.35. The lowest BCUT2D eigenvalue weighted by atomic mass is 10.0. The van der Waals surface area contributed by atoms with Crippen LogP contribution in [0.1, 0.15) is 36.2 Å². The predicted octanol–water partition coefficient (Wildman–Crippen LogP) is 7.21. The second-order valence-corrected chi connectivity index (χ2v) is 12.5. The first-order valence-electron chi connectivity index (χ1n) is 13.1. The monoisotopic (exact) mass is 682 g/mol. The summed E-state index contributed by atoms with van der Waals surface area (Å²) < 4.78 is 2.85. The van der Waals surface area contributed by atoms with Crippen molar-refractivity contribution in [1.82, 2.24) is 19.8 Å². The molecule has 1 heterocycles. The molecule has 0 radical (unpaired) electrons. The molecule has 4 aromatic rings. The Bertz CT molecular complexity index is 1620. The number of carbonyl (C=O) groups is 1. The van der Waals surface area contributed by atoms with Gasteiger partial charge in [-0.15, -0.1) is 0 Å². The highest BCUT2D eigenvalue weighted by Crippen LogP contribution is 2.27. The van der Waals surface area contributed by atoms with Gasteiger partial charge >= 0.3 is 0 Å². The average molecular weight is 684 g/mol. The standard InChI is InChI=1S/C31H29BrCl2N6OS/c1-31(2,38-28(41)14-26-16-36-20-40(26)17-22-11-9-21(15-35)10-12-22)19-39(18-23-5-3-8-27(33)29(23)34)30(42)37-25-7-4-6-24(32)13-25/h3-13,16,20H,14,17-19H2,1-2H3,(H,37,42)(H,38,41). The van der Waals surface area contributed by atoms with Crippen molar-refractivity contribution in [3.8, 4) is 6.07 Å². The summed E-state index contributed by atoms with van der Waals surface area (Å²) in [6.45, 7) is 5.23.